The van der Waals surface area contributed by atoms with Crippen LogP contribution >= 0.6 is 141 Å². The van der Waals surface area contributed by atoms with Gasteiger partial charge in [-0.05, 0) is 146 Å². The number of benzene rings is 7. The molecule has 0 atom stereocenters. The standard InChI is InChI=1S/C72H36N6S12/c1-7-19-49-43(13-1)79-55-31-25-37(73-67(55)85-49)61-62(38-26-32-56-68(74-38)86-50-20-8-2-14-44(50)80-56)64(40-28-34-58-70(76-40)88-52-22-10-4-16-46(52)82-58)66(42-30-36-60-72(78-42)90-54-24-12-6-18-48(54)84-60)65(41-29-35-59-71(77-41)89-53-23-11-5-17-47(53)83-59)63(61)39-27-33-57-69(75-39)87-51-21-9-3-15-45(51)81-57/h1-36H. The lowest BCUT2D eigenvalue weighted by molar-refractivity contribution is 0.998. The lowest BCUT2D eigenvalue weighted by Crippen LogP contribution is -2.08. The van der Waals surface area contributed by atoms with E-state index in [2.05, 4.69) is 218 Å². The molecule has 6 nitrogen and oxygen atoms in total. The van der Waals surface area contributed by atoms with Crippen molar-refractivity contribution < 1.29 is 0 Å². The van der Waals surface area contributed by atoms with Crippen molar-refractivity contribution in [2.45, 2.75) is 118 Å². The predicted octanol–water partition coefficient (Wildman–Crippen LogP) is 23.8. The Bertz CT molecular complexity index is 4420. The van der Waals surface area contributed by atoms with Gasteiger partial charge < -0.3 is 0 Å². The van der Waals surface area contributed by atoms with E-state index in [9.17, 15) is 0 Å². The molecule has 0 aliphatic carbocycles. The van der Waals surface area contributed by atoms with E-state index in [1.54, 1.807) is 141 Å². The van der Waals surface area contributed by atoms with Crippen LogP contribution in [0.4, 0.5) is 0 Å². The topological polar surface area (TPSA) is 77.3 Å². The summed E-state index contributed by atoms with van der Waals surface area (Å²) in [6.07, 6.45) is 0. The lowest BCUT2D eigenvalue weighted by Gasteiger charge is -2.29. The van der Waals surface area contributed by atoms with Gasteiger partial charge in [0.05, 0.1) is 34.2 Å². The summed E-state index contributed by atoms with van der Waals surface area (Å²) >= 11 is 21.0. The lowest BCUT2D eigenvalue weighted by atomic mass is 9.79. The summed E-state index contributed by atoms with van der Waals surface area (Å²) < 4.78 is 0. The zero-order valence-corrected chi connectivity index (χ0v) is 56.2. The van der Waals surface area contributed by atoms with Crippen LogP contribution in [-0.2, 0) is 0 Å². The van der Waals surface area contributed by atoms with E-state index in [-0.39, 0.29) is 0 Å². The maximum absolute atomic E-state index is 5.92. The molecule has 90 heavy (non-hydrogen) atoms. The molecule has 0 saturated heterocycles. The van der Waals surface area contributed by atoms with Crippen LogP contribution in [0.5, 0.6) is 0 Å². The van der Waals surface area contributed by atoms with E-state index >= 15 is 0 Å². The van der Waals surface area contributed by atoms with E-state index in [0.29, 0.717) is 0 Å². The third-order valence-corrected chi connectivity index (χ3v) is 30.4. The number of pyridine rings is 6. The van der Waals surface area contributed by atoms with Crippen molar-refractivity contribution >= 4 is 141 Å². The smallest absolute Gasteiger partial charge is 0.115 e. The van der Waals surface area contributed by atoms with Crippen molar-refractivity contribution in [1.29, 1.82) is 0 Å². The van der Waals surface area contributed by atoms with Crippen molar-refractivity contribution in [3.8, 4) is 67.5 Å². The Balaban J connectivity index is 0.975. The van der Waals surface area contributed by atoms with Crippen LogP contribution in [-0.4, -0.2) is 29.9 Å². The first-order valence-corrected chi connectivity index (χ1v) is 38.3. The van der Waals surface area contributed by atoms with Gasteiger partial charge in [-0.2, -0.15) is 0 Å². The SMILES string of the molecule is c1ccc2c(c1)Sc1ccc(-c3c(-c4ccc5c(n4)Sc4ccccc4S5)c(-c4ccc5c(n4)Sc4ccccc4S5)c(-c4ccc5c(n4)Sc4ccccc4S5)c(-c4ccc5c(n4)Sc4ccccc4S5)c3-c3ccc4c(n3)Sc3ccccc3S4)nc1S2. The summed E-state index contributed by atoms with van der Waals surface area (Å²) in [6, 6.07) is 78.8. The average molecular weight is 1370 g/mol. The molecule has 6 aromatic heterocycles. The number of hydrogen-bond acceptors (Lipinski definition) is 18. The third-order valence-electron chi connectivity index (χ3n) is 15.6. The first-order chi connectivity index (χ1) is 44.5. The second-order valence-corrected chi connectivity index (χ2v) is 33.8. The molecular weight excluding hydrogens is 1330 g/mol. The van der Waals surface area contributed by atoms with Crippen LogP contribution in [0.25, 0.3) is 67.5 Å². The van der Waals surface area contributed by atoms with Crippen molar-refractivity contribution in [2.75, 3.05) is 0 Å². The minimum atomic E-state index is 0.787. The van der Waals surface area contributed by atoms with Crippen LogP contribution in [0.15, 0.2) is 337 Å². The largest absolute Gasteiger partial charge is 0.240 e. The minimum absolute atomic E-state index is 0.787. The Kier molecular flexibility index (Phi) is 14.0. The second-order valence-electron chi connectivity index (χ2n) is 21.2. The maximum Gasteiger partial charge on any atom is 0.115 e. The molecule has 426 valence electrons. The van der Waals surface area contributed by atoms with Gasteiger partial charge >= 0.3 is 0 Å². The van der Waals surface area contributed by atoms with Crippen LogP contribution in [0, 0.1) is 0 Å². The molecule has 6 aliphatic heterocycles. The van der Waals surface area contributed by atoms with Gasteiger partial charge in [0.2, 0.25) is 0 Å². The zero-order valence-electron chi connectivity index (χ0n) is 46.4. The molecule has 19 rings (SSSR count). The number of aromatic nitrogens is 6. The summed E-state index contributed by atoms with van der Waals surface area (Å²) in [5.41, 5.74) is 10.0. The molecule has 18 heteroatoms. The van der Waals surface area contributed by atoms with E-state index < -0.39 is 0 Å². The highest BCUT2D eigenvalue weighted by Gasteiger charge is 2.37. The molecule has 0 radical (unpaired) electrons. The van der Waals surface area contributed by atoms with Gasteiger partial charge in [-0.25, -0.2) is 29.9 Å². The van der Waals surface area contributed by atoms with Crippen LogP contribution in [0.1, 0.15) is 0 Å². The number of rotatable bonds is 6. The third kappa shape index (κ3) is 9.73. The molecule has 0 fully saturated rings. The van der Waals surface area contributed by atoms with Crippen molar-refractivity contribution in [3.63, 3.8) is 0 Å². The fraction of sp³-hybridized carbons (Fsp3) is 0. The summed E-state index contributed by atoms with van der Waals surface area (Å²) in [5.74, 6) is 0. The number of fused-ring (bicyclic) bond motifs is 12. The van der Waals surface area contributed by atoms with Gasteiger partial charge in [0.25, 0.3) is 0 Å². The molecule has 13 aromatic rings. The van der Waals surface area contributed by atoms with Crippen LogP contribution in [0.3, 0.4) is 0 Å². The Morgan fingerprint density at radius 3 is 0.411 bits per heavy atom. The Morgan fingerprint density at radius 2 is 0.267 bits per heavy atom. The van der Waals surface area contributed by atoms with Gasteiger partial charge in [0.15, 0.2) is 0 Å². The molecule has 12 heterocycles. The second kappa shape index (κ2) is 22.7. The first kappa shape index (κ1) is 55.3. The van der Waals surface area contributed by atoms with Crippen molar-refractivity contribution in [3.05, 3.63) is 218 Å². The number of hydrogen-bond donors (Lipinski definition) is 0. The number of nitrogens with zero attached hydrogens (tertiary/aromatic N) is 6. The fourth-order valence-corrected chi connectivity index (χ4v) is 24.6. The van der Waals surface area contributed by atoms with Crippen molar-refractivity contribution in [2.24, 2.45) is 0 Å². The van der Waals surface area contributed by atoms with Gasteiger partial charge in [-0.1, -0.05) is 214 Å². The highest BCUT2D eigenvalue weighted by atomic mass is 32.2. The normalized spacial score (nSPS) is 14.1. The fourth-order valence-electron chi connectivity index (χ4n) is 11.6. The molecule has 0 unspecified atom stereocenters. The molecular formula is C72H36N6S12. The van der Waals surface area contributed by atoms with Gasteiger partial charge in [0.1, 0.15) is 30.2 Å². The highest BCUT2D eigenvalue weighted by molar-refractivity contribution is 8.07. The molecule has 0 spiro atoms. The zero-order chi connectivity index (χ0) is 59.0. The average Bonchev–Trinajstić information content (AvgIpc) is 0.727. The Labute approximate surface area is 569 Å². The molecule has 0 amide bonds. The van der Waals surface area contributed by atoms with Gasteiger partial charge in [-0.3, -0.25) is 0 Å². The molecule has 0 N–H and O–H groups in total. The van der Waals surface area contributed by atoms with Crippen LogP contribution in [0.2, 0.25) is 0 Å². The quantitative estimate of drug-likeness (QED) is 0.158. The molecule has 0 saturated carbocycles. The predicted molar refractivity (Wildman–Crippen MR) is 374 cm³/mol. The van der Waals surface area contributed by atoms with E-state index in [4.69, 9.17) is 29.9 Å². The van der Waals surface area contributed by atoms with Crippen molar-refractivity contribution in [1.82, 2.24) is 29.9 Å². The van der Waals surface area contributed by atoms with Gasteiger partial charge in [0, 0.05) is 121 Å². The van der Waals surface area contributed by atoms with E-state index in [1.807, 2.05) is 0 Å². The highest BCUT2D eigenvalue weighted by Crippen LogP contribution is 2.61. The Morgan fingerprint density at radius 1 is 0.133 bits per heavy atom. The Hall–Kier alpha value is -6.36. The summed E-state index contributed by atoms with van der Waals surface area (Å²) in [5, 5.41) is 5.63. The van der Waals surface area contributed by atoms with Gasteiger partial charge in [-0.15, -0.1) is 0 Å². The molecule has 6 aliphatic rings. The first-order valence-electron chi connectivity index (χ1n) is 28.5. The van der Waals surface area contributed by atoms with Crippen LogP contribution < -0.4 is 0 Å². The van der Waals surface area contributed by atoms with E-state index in [0.717, 1.165) is 127 Å². The maximum atomic E-state index is 5.92. The summed E-state index contributed by atoms with van der Waals surface area (Å²) in [6.45, 7) is 0. The summed E-state index contributed by atoms with van der Waals surface area (Å²) in [7, 11) is 0. The molecule has 0 bridgehead atoms. The molecule has 7 aromatic carbocycles. The summed E-state index contributed by atoms with van der Waals surface area (Å²) in [4.78, 5) is 56.5. The minimum Gasteiger partial charge on any atom is -0.240 e. The van der Waals surface area contributed by atoms with E-state index in [1.165, 1.54) is 58.7 Å². The monoisotopic (exact) mass is 1370 g/mol.